The Morgan fingerprint density at radius 3 is 2.38 bits per heavy atom. The van der Waals surface area contributed by atoms with Crippen molar-refractivity contribution in [2.24, 2.45) is 0 Å². The lowest BCUT2D eigenvalue weighted by molar-refractivity contribution is -0.127. The number of hydrogen-bond donors (Lipinski definition) is 0. The SMILES string of the molecule is Cc1cc(C(Br)C(F)(F)F)sc1Cl. The smallest absolute Gasteiger partial charge is 0.169 e. The van der Waals surface area contributed by atoms with Crippen molar-refractivity contribution in [2.45, 2.75) is 17.9 Å². The summed E-state index contributed by atoms with van der Waals surface area (Å²) in [5, 5.41) is 0. The molecule has 6 heteroatoms. The van der Waals surface area contributed by atoms with Gasteiger partial charge in [0.25, 0.3) is 0 Å². The zero-order chi connectivity index (χ0) is 10.2. The summed E-state index contributed by atoms with van der Waals surface area (Å²) in [7, 11) is 0. The van der Waals surface area contributed by atoms with Crippen molar-refractivity contribution in [3.8, 4) is 0 Å². The maximum absolute atomic E-state index is 12.2. The molecule has 0 saturated carbocycles. The molecule has 13 heavy (non-hydrogen) atoms. The fraction of sp³-hybridized carbons (Fsp3) is 0.429. The lowest BCUT2D eigenvalue weighted by Crippen LogP contribution is -2.13. The van der Waals surface area contributed by atoms with E-state index in [-0.39, 0.29) is 4.88 Å². The zero-order valence-corrected chi connectivity index (χ0v) is 9.61. The second-order valence-electron chi connectivity index (χ2n) is 2.51. The van der Waals surface area contributed by atoms with Gasteiger partial charge in [-0.2, -0.15) is 13.2 Å². The average Bonchev–Trinajstić information content (AvgIpc) is 2.29. The molecular weight excluding hydrogens is 288 g/mol. The number of rotatable bonds is 1. The van der Waals surface area contributed by atoms with E-state index in [1.54, 1.807) is 6.92 Å². The van der Waals surface area contributed by atoms with Gasteiger partial charge in [-0.05, 0) is 18.6 Å². The van der Waals surface area contributed by atoms with Gasteiger partial charge in [0.05, 0.1) is 4.34 Å². The molecule has 0 N–H and O–H groups in total. The predicted octanol–water partition coefficient (Wildman–Crippen LogP) is 4.71. The van der Waals surface area contributed by atoms with Crippen molar-refractivity contribution in [3.05, 3.63) is 20.8 Å². The van der Waals surface area contributed by atoms with Crippen molar-refractivity contribution in [1.29, 1.82) is 0 Å². The van der Waals surface area contributed by atoms with Gasteiger partial charge in [-0.3, -0.25) is 0 Å². The molecule has 74 valence electrons. The summed E-state index contributed by atoms with van der Waals surface area (Å²) in [4.78, 5) is -1.42. The minimum absolute atomic E-state index is 0.190. The minimum Gasteiger partial charge on any atom is -0.169 e. The van der Waals surface area contributed by atoms with Crippen LogP contribution in [0.5, 0.6) is 0 Å². The fourth-order valence-electron chi connectivity index (χ4n) is 0.770. The Labute approximate surface area is 90.8 Å². The summed E-state index contributed by atoms with van der Waals surface area (Å²) < 4.78 is 37.0. The lowest BCUT2D eigenvalue weighted by Gasteiger charge is -2.11. The molecule has 1 unspecified atom stereocenters. The third-order valence-corrected chi connectivity index (χ3v) is 4.35. The van der Waals surface area contributed by atoms with Crippen molar-refractivity contribution in [3.63, 3.8) is 0 Å². The van der Waals surface area contributed by atoms with E-state index in [9.17, 15) is 13.2 Å². The third kappa shape index (κ3) is 2.60. The molecule has 0 bridgehead atoms. The van der Waals surface area contributed by atoms with Crippen LogP contribution in [-0.2, 0) is 0 Å². The van der Waals surface area contributed by atoms with Crippen molar-refractivity contribution >= 4 is 38.9 Å². The molecule has 0 spiro atoms. The summed E-state index contributed by atoms with van der Waals surface area (Å²) in [5.41, 5.74) is 0.676. The van der Waals surface area contributed by atoms with Crippen molar-refractivity contribution < 1.29 is 13.2 Å². The first-order chi connectivity index (χ1) is 5.82. The Kier molecular flexibility index (Phi) is 3.30. The van der Waals surface area contributed by atoms with E-state index in [0.29, 0.717) is 9.90 Å². The molecule has 0 aliphatic carbocycles. The molecule has 0 amide bonds. The van der Waals surface area contributed by atoms with Crippen LogP contribution in [0.3, 0.4) is 0 Å². The molecule has 1 aromatic heterocycles. The van der Waals surface area contributed by atoms with E-state index in [4.69, 9.17) is 11.6 Å². The number of aryl methyl sites for hydroxylation is 1. The second-order valence-corrected chi connectivity index (χ2v) is 5.11. The van der Waals surface area contributed by atoms with Crippen LogP contribution >= 0.6 is 38.9 Å². The molecule has 1 heterocycles. The summed E-state index contributed by atoms with van der Waals surface area (Å²) in [6.07, 6.45) is -4.26. The molecule has 0 aromatic carbocycles. The quantitative estimate of drug-likeness (QED) is 0.658. The van der Waals surface area contributed by atoms with Crippen LogP contribution in [0, 0.1) is 6.92 Å². The van der Waals surface area contributed by atoms with Crippen LogP contribution in [0.2, 0.25) is 4.34 Å². The van der Waals surface area contributed by atoms with E-state index < -0.39 is 11.0 Å². The molecule has 0 nitrogen and oxygen atoms in total. The highest BCUT2D eigenvalue weighted by molar-refractivity contribution is 9.09. The highest BCUT2D eigenvalue weighted by Crippen LogP contribution is 2.44. The van der Waals surface area contributed by atoms with Gasteiger partial charge in [-0.15, -0.1) is 11.3 Å². The van der Waals surface area contributed by atoms with Crippen LogP contribution in [0.25, 0.3) is 0 Å². The van der Waals surface area contributed by atoms with Crippen LogP contribution in [0.1, 0.15) is 15.3 Å². The van der Waals surface area contributed by atoms with Gasteiger partial charge in [-0.1, -0.05) is 27.5 Å². The monoisotopic (exact) mass is 292 g/mol. The molecule has 0 aliphatic rings. The van der Waals surface area contributed by atoms with E-state index in [0.717, 1.165) is 11.3 Å². The molecule has 0 radical (unpaired) electrons. The highest BCUT2D eigenvalue weighted by atomic mass is 79.9. The maximum Gasteiger partial charge on any atom is 0.405 e. The van der Waals surface area contributed by atoms with E-state index in [1.165, 1.54) is 6.07 Å². The van der Waals surface area contributed by atoms with Crippen LogP contribution in [-0.4, -0.2) is 6.18 Å². The third-order valence-electron chi connectivity index (χ3n) is 1.41. The highest BCUT2D eigenvalue weighted by Gasteiger charge is 2.39. The Hall–Kier alpha value is 0.260. The molecular formula is C7H5BrClF3S. The summed E-state index contributed by atoms with van der Waals surface area (Å²) >= 11 is 9.18. The predicted molar refractivity (Wildman–Crippen MR) is 51.8 cm³/mol. The lowest BCUT2D eigenvalue weighted by atomic mass is 10.3. The van der Waals surface area contributed by atoms with E-state index in [2.05, 4.69) is 15.9 Å². The summed E-state index contributed by atoms with van der Waals surface area (Å²) in [5.74, 6) is 0. The fourth-order valence-corrected chi connectivity index (χ4v) is 2.40. The van der Waals surface area contributed by atoms with E-state index >= 15 is 0 Å². The van der Waals surface area contributed by atoms with Crippen LogP contribution < -0.4 is 0 Å². The normalized spacial score (nSPS) is 14.6. The topological polar surface area (TPSA) is 0 Å². The van der Waals surface area contributed by atoms with Gasteiger partial charge >= 0.3 is 6.18 Å². The molecule has 1 atom stereocenters. The first-order valence-electron chi connectivity index (χ1n) is 3.29. The molecule has 0 aliphatic heterocycles. The number of hydrogen-bond acceptors (Lipinski definition) is 1. The number of alkyl halides is 4. The molecule has 1 rings (SSSR count). The summed E-state index contributed by atoms with van der Waals surface area (Å²) in [6.45, 7) is 1.68. The van der Waals surface area contributed by atoms with Crippen molar-refractivity contribution in [2.75, 3.05) is 0 Å². The van der Waals surface area contributed by atoms with Gasteiger partial charge < -0.3 is 0 Å². The molecule has 0 fully saturated rings. The number of thiophene rings is 1. The Bertz CT molecular complexity index is 288. The average molecular weight is 294 g/mol. The first kappa shape index (κ1) is 11.3. The standard InChI is InChI=1S/C7H5BrClF3S/c1-3-2-4(13-6(3)9)5(8)7(10,11)12/h2,5H,1H3. The second kappa shape index (κ2) is 3.79. The van der Waals surface area contributed by atoms with Gasteiger partial charge in [0, 0.05) is 4.88 Å². The van der Waals surface area contributed by atoms with Gasteiger partial charge in [-0.25, -0.2) is 0 Å². The largest absolute Gasteiger partial charge is 0.405 e. The van der Waals surface area contributed by atoms with E-state index in [1.807, 2.05) is 0 Å². The zero-order valence-electron chi connectivity index (χ0n) is 6.45. The Morgan fingerprint density at radius 1 is 1.54 bits per heavy atom. The van der Waals surface area contributed by atoms with Crippen LogP contribution in [0.4, 0.5) is 13.2 Å². The van der Waals surface area contributed by atoms with Gasteiger partial charge in [0.2, 0.25) is 0 Å². The summed E-state index contributed by atoms with van der Waals surface area (Å²) in [6, 6.07) is 1.44. The Balaban J connectivity index is 2.96. The van der Waals surface area contributed by atoms with Gasteiger partial charge in [0.1, 0.15) is 4.83 Å². The Morgan fingerprint density at radius 2 is 2.08 bits per heavy atom. The number of halogens is 5. The van der Waals surface area contributed by atoms with Gasteiger partial charge in [0.15, 0.2) is 0 Å². The molecule has 0 saturated heterocycles. The minimum atomic E-state index is -4.26. The first-order valence-corrected chi connectivity index (χ1v) is 5.40. The van der Waals surface area contributed by atoms with Crippen molar-refractivity contribution in [1.82, 2.24) is 0 Å². The maximum atomic E-state index is 12.2. The molecule has 1 aromatic rings. The van der Waals surface area contributed by atoms with Crippen LogP contribution in [0.15, 0.2) is 6.07 Å².